The summed E-state index contributed by atoms with van der Waals surface area (Å²) < 4.78 is 0. The molecule has 160 valence electrons. The van der Waals surface area contributed by atoms with Crippen molar-refractivity contribution in [3.8, 4) is 0 Å². The highest BCUT2D eigenvalue weighted by Gasteiger charge is 2.46. The van der Waals surface area contributed by atoms with Gasteiger partial charge in [-0.2, -0.15) is 0 Å². The molecule has 4 fully saturated rings. The number of rotatable bonds is 4. The average molecular weight is 455 g/mol. The van der Waals surface area contributed by atoms with E-state index in [9.17, 15) is 4.79 Å². The summed E-state index contributed by atoms with van der Waals surface area (Å²) in [6.45, 7) is 5.40. The summed E-state index contributed by atoms with van der Waals surface area (Å²) in [6.07, 6.45) is 12.2. The molecule has 0 aromatic rings. The van der Waals surface area contributed by atoms with Crippen molar-refractivity contribution in [2.75, 3.05) is 19.6 Å². The zero-order valence-corrected chi connectivity index (χ0v) is 19.1. The van der Waals surface area contributed by atoms with Gasteiger partial charge in [-0.25, -0.2) is 5.01 Å². The lowest BCUT2D eigenvalue weighted by Crippen LogP contribution is -2.54. The van der Waals surface area contributed by atoms with Crippen molar-refractivity contribution in [3.05, 3.63) is 0 Å². The minimum Gasteiger partial charge on any atom is -0.353 e. The molecule has 2 unspecified atom stereocenters. The molecule has 28 heavy (non-hydrogen) atoms. The average Bonchev–Trinajstić information content (AvgIpc) is 3.16. The van der Waals surface area contributed by atoms with E-state index in [0.717, 1.165) is 38.4 Å². The van der Waals surface area contributed by atoms with Crippen molar-refractivity contribution >= 4 is 21.8 Å². The van der Waals surface area contributed by atoms with Gasteiger partial charge >= 0.3 is 0 Å². The Morgan fingerprint density at radius 2 is 1.64 bits per heavy atom. The third-order valence-corrected chi connectivity index (χ3v) is 8.73. The Bertz CT molecular complexity index is 511. The fourth-order valence-corrected chi connectivity index (χ4v) is 6.54. The Morgan fingerprint density at radius 3 is 2.32 bits per heavy atom. The number of halogens is 1. The molecule has 3 N–H and O–H groups in total. The summed E-state index contributed by atoms with van der Waals surface area (Å²) in [5, 5.41) is 9.50. The molecule has 2 saturated carbocycles. The van der Waals surface area contributed by atoms with Crippen molar-refractivity contribution in [2.45, 2.75) is 94.1 Å². The quantitative estimate of drug-likeness (QED) is 0.570. The lowest BCUT2D eigenvalue weighted by molar-refractivity contribution is -0.127. The SMILES string of the molecule is CC1CCC(N2NCC(C(=O)NC3CCC(Br)CC3)C2C2CCNCC2)CC1. The van der Waals surface area contributed by atoms with Crippen molar-refractivity contribution in [1.29, 1.82) is 0 Å². The second-order valence-electron chi connectivity index (χ2n) is 9.83. The first-order valence-corrected chi connectivity index (χ1v) is 12.7. The number of carbonyl (C=O) groups excluding carboxylic acids is 1. The first-order valence-electron chi connectivity index (χ1n) is 11.8. The summed E-state index contributed by atoms with van der Waals surface area (Å²) in [4.78, 5) is 14.0. The zero-order valence-electron chi connectivity index (χ0n) is 17.5. The molecule has 4 aliphatic rings. The van der Waals surface area contributed by atoms with Crippen LogP contribution in [0.15, 0.2) is 0 Å². The number of hydrazine groups is 1. The molecule has 5 nitrogen and oxygen atoms in total. The minimum absolute atomic E-state index is 0.101. The minimum atomic E-state index is 0.101. The van der Waals surface area contributed by atoms with E-state index in [2.05, 4.69) is 43.9 Å². The van der Waals surface area contributed by atoms with E-state index in [4.69, 9.17) is 0 Å². The van der Waals surface area contributed by atoms with Crippen LogP contribution in [0.4, 0.5) is 0 Å². The van der Waals surface area contributed by atoms with Gasteiger partial charge in [0.25, 0.3) is 0 Å². The monoisotopic (exact) mass is 454 g/mol. The first kappa shape index (κ1) is 21.1. The van der Waals surface area contributed by atoms with Crippen LogP contribution in [0.2, 0.25) is 0 Å². The van der Waals surface area contributed by atoms with E-state index in [-0.39, 0.29) is 5.92 Å². The van der Waals surface area contributed by atoms with E-state index < -0.39 is 0 Å². The van der Waals surface area contributed by atoms with Gasteiger partial charge in [0.05, 0.1) is 5.92 Å². The van der Waals surface area contributed by atoms with E-state index in [0.29, 0.717) is 34.8 Å². The Morgan fingerprint density at radius 1 is 0.964 bits per heavy atom. The molecule has 0 aromatic carbocycles. The van der Waals surface area contributed by atoms with Crippen LogP contribution in [0.25, 0.3) is 0 Å². The highest BCUT2D eigenvalue weighted by molar-refractivity contribution is 9.09. The van der Waals surface area contributed by atoms with Crippen LogP contribution < -0.4 is 16.1 Å². The predicted octanol–water partition coefficient (Wildman–Crippen LogP) is 3.19. The number of alkyl halides is 1. The third-order valence-electron chi connectivity index (χ3n) is 7.81. The lowest BCUT2D eigenvalue weighted by Gasteiger charge is -2.42. The van der Waals surface area contributed by atoms with E-state index >= 15 is 0 Å². The maximum absolute atomic E-state index is 13.3. The van der Waals surface area contributed by atoms with Crippen LogP contribution in [0.3, 0.4) is 0 Å². The number of hydrogen-bond acceptors (Lipinski definition) is 4. The van der Waals surface area contributed by atoms with Gasteiger partial charge < -0.3 is 10.6 Å². The van der Waals surface area contributed by atoms with Crippen LogP contribution in [-0.4, -0.2) is 53.5 Å². The maximum atomic E-state index is 13.3. The third kappa shape index (κ3) is 4.93. The van der Waals surface area contributed by atoms with E-state index in [1.54, 1.807) is 0 Å². The van der Waals surface area contributed by atoms with Crippen molar-refractivity contribution in [2.24, 2.45) is 17.8 Å². The molecule has 0 aromatic heterocycles. The van der Waals surface area contributed by atoms with Crippen LogP contribution in [0, 0.1) is 17.8 Å². The fraction of sp³-hybridized carbons (Fsp3) is 0.955. The Labute approximate surface area is 179 Å². The number of hydrogen-bond donors (Lipinski definition) is 3. The molecule has 2 heterocycles. The number of nitrogens with zero attached hydrogens (tertiary/aromatic N) is 1. The standard InChI is InChI=1S/C22H39BrN4O/c1-15-2-8-19(9-3-15)27-21(16-10-12-24-13-11-16)20(14-25-27)22(28)26-18-6-4-17(23)5-7-18/h15-21,24-25H,2-14H2,1H3,(H,26,28). The van der Waals surface area contributed by atoms with Crippen molar-refractivity contribution < 1.29 is 4.79 Å². The van der Waals surface area contributed by atoms with Crippen LogP contribution in [0.1, 0.15) is 71.1 Å². The van der Waals surface area contributed by atoms with Crippen LogP contribution >= 0.6 is 15.9 Å². The van der Waals surface area contributed by atoms with Gasteiger partial charge in [-0.05, 0) is 89.1 Å². The summed E-state index contributed by atoms with van der Waals surface area (Å²) in [5.74, 6) is 1.90. The Kier molecular flexibility index (Phi) is 7.35. The molecule has 0 spiro atoms. The number of nitrogens with one attached hydrogen (secondary N) is 3. The smallest absolute Gasteiger partial charge is 0.226 e. The van der Waals surface area contributed by atoms with Crippen molar-refractivity contribution in [1.82, 2.24) is 21.1 Å². The van der Waals surface area contributed by atoms with Gasteiger partial charge in [0.1, 0.15) is 0 Å². The molecule has 6 heteroatoms. The van der Waals surface area contributed by atoms with Gasteiger partial charge in [0.2, 0.25) is 5.91 Å². The summed E-state index contributed by atoms with van der Waals surface area (Å²) in [6, 6.07) is 1.35. The Balaban J connectivity index is 1.43. The molecule has 0 radical (unpaired) electrons. The molecule has 2 saturated heterocycles. The molecular formula is C22H39BrN4O. The van der Waals surface area contributed by atoms with Gasteiger partial charge in [-0.3, -0.25) is 10.2 Å². The number of amides is 1. The summed E-state index contributed by atoms with van der Waals surface area (Å²) in [5.41, 5.74) is 3.71. The maximum Gasteiger partial charge on any atom is 0.226 e. The van der Waals surface area contributed by atoms with Crippen molar-refractivity contribution in [3.63, 3.8) is 0 Å². The largest absolute Gasteiger partial charge is 0.353 e. The molecule has 1 amide bonds. The summed E-state index contributed by atoms with van der Waals surface area (Å²) >= 11 is 3.73. The van der Waals surface area contributed by atoms with Crippen LogP contribution in [0.5, 0.6) is 0 Å². The first-order chi connectivity index (χ1) is 13.6. The highest BCUT2D eigenvalue weighted by atomic mass is 79.9. The van der Waals surface area contributed by atoms with E-state index in [1.165, 1.54) is 51.4 Å². The van der Waals surface area contributed by atoms with Gasteiger partial charge in [-0.1, -0.05) is 22.9 Å². The molecule has 4 rings (SSSR count). The summed E-state index contributed by atoms with van der Waals surface area (Å²) in [7, 11) is 0. The molecular weight excluding hydrogens is 416 g/mol. The van der Waals surface area contributed by atoms with Gasteiger partial charge in [0.15, 0.2) is 0 Å². The second-order valence-corrected chi connectivity index (χ2v) is 11.1. The van der Waals surface area contributed by atoms with Crippen LogP contribution in [-0.2, 0) is 4.79 Å². The molecule has 2 aliphatic carbocycles. The molecule has 2 aliphatic heterocycles. The van der Waals surface area contributed by atoms with E-state index in [1.807, 2.05) is 0 Å². The molecule has 0 bridgehead atoms. The van der Waals surface area contributed by atoms with Gasteiger partial charge in [0, 0.05) is 29.5 Å². The lowest BCUT2D eigenvalue weighted by atomic mass is 9.80. The molecule has 2 atom stereocenters. The Hall–Kier alpha value is -0.170. The fourth-order valence-electron chi connectivity index (χ4n) is 6.01. The van der Waals surface area contributed by atoms with Gasteiger partial charge in [-0.15, -0.1) is 0 Å². The normalized spacial score (nSPS) is 41.1. The topological polar surface area (TPSA) is 56.4 Å². The second kappa shape index (κ2) is 9.76. The zero-order chi connectivity index (χ0) is 19.5. The highest BCUT2D eigenvalue weighted by Crippen LogP contribution is 2.36. The number of carbonyl (C=O) groups is 1. The predicted molar refractivity (Wildman–Crippen MR) is 117 cm³/mol. The number of piperidine rings is 1.